The van der Waals surface area contributed by atoms with E-state index in [-0.39, 0.29) is 5.91 Å². The van der Waals surface area contributed by atoms with Crippen molar-refractivity contribution in [2.45, 2.75) is 56.8 Å². The number of nitrogens with one attached hydrogen (secondary N) is 1. The lowest BCUT2D eigenvalue weighted by atomic mass is 9.74. The average molecular weight is 425 g/mol. The number of likely N-dealkylation sites (tertiary alicyclic amines) is 1. The standard InChI is InChI=1S/C26H33ClN2O/c1-25(2,21-8-10-22(27)11-9-21)24(30)28-16-5-17-29-18-14-26(15-19-29)13-12-20-6-3-4-7-23(20)26/h3-4,6-11H,5,12-19H2,1-2H3,(H,28,30). The molecule has 0 radical (unpaired) electrons. The summed E-state index contributed by atoms with van der Waals surface area (Å²) in [7, 11) is 0. The van der Waals surface area contributed by atoms with Gasteiger partial charge in [-0.15, -0.1) is 0 Å². The van der Waals surface area contributed by atoms with Gasteiger partial charge in [-0.1, -0.05) is 48.0 Å². The van der Waals surface area contributed by atoms with Crippen LogP contribution in [0.5, 0.6) is 0 Å². The number of hydrogen-bond donors (Lipinski definition) is 1. The Morgan fingerprint density at radius 3 is 2.50 bits per heavy atom. The van der Waals surface area contributed by atoms with E-state index >= 15 is 0 Å². The van der Waals surface area contributed by atoms with E-state index in [1.165, 1.54) is 38.8 Å². The molecular formula is C26H33ClN2O. The van der Waals surface area contributed by atoms with Crippen molar-refractivity contribution < 1.29 is 4.79 Å². The molecule has 160 valence electrons. The molecule has 4 heteroatoms. The molecule has 2 aromatic rings. The third-order valence-electron chi connectivity index (χ3n) is 7.35. The number of benzene rings is 2. The first-order chi connectivity index (χ1) is 14.4. The van der Waals surface area contributed by atoms with Gasteiger partial charge in [0.15, 0.2) is 0 Å². The van der Waals surface area contributed by atoms with Crippen molar-refractivity contribution in [2.75, 3.05) is 26.2 Å². The fourth-order valence-corrected chi connectivity index (χ4v) is 5.34. The lowest BCUT2D eigenvalue weighted by Gasteiger charge is -2.40. The van der Waals surface area contributed by atoms with Gasteiger partial charge in [0.05, 0.1) is 5.41 Å². The van der Waals surface area contributed by atoms with Crippen LogP contribution in [-0.4, -0.2) is 37.0 Å². The Morgan fingerprint density at radius 2 is 1.77 bits per heavy atom. The van der Waals surface area contributed by atoms with Gasteiger partial charge in [0.2, 0.25) is 5.91 Å². The number of rotatable bonds is 6. The predicted molar refractivity (Wildman–Crippen MR) is 124 cm³/mol. The molecule has 2 aliphatic rings. The van der Waals surface area contributed by atoms with E-state index in [2.05, 4.69) is 34.5 Å². The normalized spacial score (nSPS) is 18.4. The summed E-state index contributed by atoms with van der Waals surface area (Å²) in [4.78, 5) is 15.3. The first-order valence-electron chi connectivity index (χ1n) is 11.3. The average Bonchev–Trinajstić information content (AvgIpc) is 3.11. The van der Waals surface area contributed by atoms with Gasteiger partial charge in [-0.2, -0.15) is 0 Å². The summed E-state index contributed by atoms with van der Waals surface area (Å²) in [6.45, 7) is 8.04. The topological polar surface area (TPSA) is 32.3 Å². The number of amides is 1. The number of nitrogens with zero attached hydrogens (tertiary/aromatic N) is 1. The Labute approximate surface area is 185 Å². The van der Waals surface area contributed by atoms with Crippen molar-refractivity contribution in [3.63, 3.8) is 0 Å². The van der Waals surface area contributed by atoms with Crippen molar-refractivity contribution in [3.05, 3.63) is 70.2 Å². The molecule has 1 saturated heterocycles. The SMILES string of the molecule is CC(C)(C(=O)NCCCN1CCC2(CCc3ccccc32)CC1)c1ccc(Cl)cc1. The molecule has 1 fully saturated rings. The summed E-state index contributed by atoms with van der Waals surface area (Å²) in [6.07, 6.45) is 6.08. The Kier molecular flexibility index (Phi) is 6.22. The summed E-state index contributed by atoms with van der Waals surface area (Å²) < 4.78 is 0. The van der Waals surface area contributed by atoms with Gasteiger partial charge >= 0.3 is 0 Å². The highest BCUT2D eigenvalue weighted by molar-refractivity contribution is 6.30. The van der Waals surface area contributed by atoms with Crippen LogP contribution in [0.3, 0.4) is 0 Å². The number of carbonyl (C=O) groups is 1. The van der Waals surface area contributed by atoms with Crippen LogP contribution in [0.15, 0.2) is 48.5 Å². The van der Waals surface area contributed by atoms with Gasteiger partial charge in [-0.3, -0.25) is 4.79 Å². The minimum atomic E-state index is -0.558. The molecular weight excluding hydrogens is 392 g/mol. The highest BCUT2D eigenvalue weighted by atomic mass is 35.5. The largest absolute Gasteiger partial charge is 0.355 e. The van der Waals surface area contributed by atoms with E-state index in [1.54, 1.807) is 11.1 Å². The van der Waals surface area contributed by atoms with Crippen LogP contribution in [0.25, 0.3) is 0 Å². The maximum atomic E-state index is 12.7. The number of hydrogen-bond acceptors (Lipinski definition) is 2. The van der Waals surface area contributed by atoms with Gasteiger partial charge in [-0.25, -0.2) is 0 Å². The maximum Gasteiger partial charge on any atom is 0.230 e. The van der Waals surface area contributed by atoms with Gasteiger partial charge in [0.25, 0.3) is 0 Å². The number of fused-ring (bicyclic) bond motifs is 2. The van der Waals surface area contributed by atoms with E-state index < -0.39 is 5.41 Å². The molecule has 0 atom stereocenters. The molecule has 30 heavy (non-hydrogen) atoms. The molecule has 4 rings (SSSR count). The van der Waals surface area contributed by atoms with Gasteiger partial charge in [0, 0.05) is 11.6 Å². The second kappa shape index (κ2) is 8.72. The van der Waals surface area contributed by atoms with E-state index in [4.69, 9.17) is 11.6 Å². The summed E-state index contributed by atoms with van der Waals surface area (Å²) in [6, 6.07) is 16.6. The first-order valence-corrected chi connectivity index (χ1v) is 11.6. The third kappa shape index (κ3) is 4.29. The number of aryl methyl sites for hydroxylation is 1. The third-order valence-corrected chi connectivity index (χ3v) is 7.60. The smallest absolute Gasteiger partial charge is 0.230 e. The van der Waals surface area contributed by atoms with Gasteiger partial charge in [-0.05, 0) is 99.8 Å². The van der Waals surface area contributed by atoms with Crippen LogP contribution in [-0.2, 0) is 22.0 Å². The second-order valence-corrected chi connectivity index (χ2v) is 9.96. The highest BCUT2D eigenvalue weighted by Crippen LogP contribution is 2.46. The molecule has 1 amide bonds. The van der Waals surface area contributed by atoms with Crippen LogP contribution in [0.1, 0.15) is 56.2 Å². The fourth-order valence-electron chi connectivity index (χ4n) is 5.21. The van der Waals surface area contributed by atoms with Gasteiger partial charge < -0.3 is 10.2 Å². The lowest BCUT2D eigenvalue weighted by molar-refractivity contribution is -0.125. The molecule has 0 saturated carbocycles. The molecule has 0 aromatic heterocycles. The maximum absolute atomic E-state index is 12.7. The fraction of sp³-hybridized carbons (Fsp3) is 0.500. The van der Waals surface area contributed by atoms with Crippen LogP contribution in [0.4, 0.5) is 0 Å². The summed E-state index contributed by atoms with van der Waals surface area (Å²) in [5.41, 5.74) is 4.03. The van der Waals surface area contributed by atoms with Crippen LogP contribution in [0, 0.1) is 0 Å². The Bertz CT molecular complexity index is 882. The monoisotopic (exact) mass is 424 g/mol. The quantitative estimate of drug-likeness (QED) is 0.654. The number of halogens is 1. The van der Waals surface area contributed by atoms with Crippen LogP contribution < -0.4 is 5.32 Å². The lowest BCUT2D eigenvalue weighted by Crippen LogP contribution is -2.43. The summed E-state index contributed by atoms with van der Waals surface area (Å²) >= 11 is 5.98. The second-order valence-electron chi connectivity index (χ2n) is 9.52. The van der Waals surface area contributed by atoms with Crippen molar-refractivity contribution in [2.24, 2.45) is 0 Å². The van der Waals surface area contributed by atoms with E-state index in [9.17, 15) is 4.79 Å². The summed E-state index contributed by atoms with van der Waals surface area (Å²) in [5.74, 6) is 0.0741. The minimum Gasteiger partial charge on any atom is -0.355 e. The summed E-state index contributed by atoms with van der Waals surface area (Å²) in [5, 5.41) is 3.83. The van der Waals surface area contributed by atoms with E-state index in [0.717, 1.165) is 25.1 Å². The van der Waals surface area contributed by atoms with Crippen molar-refractivity contribution in [1.29, 1.82) is 0 Å². The molecule has 2 aromatic carbocycles. The Hall–Kier alpha value is -1.84. The Balaban J connectivity index is 1.22. The van der Waals surface area contributed by atoms with Gasteiger partial charge in [0.1, 0.15) is 0 Å². The predicted octanol–water partition coefficient (Wildman–Crippen LogP) is 5.10. The van der Waals surface area contributed by atoms with Crippen molar-refractivity contribution in [1.82, 2.24) is 10.2 Å². The first kappa shape index (κ1) is 21.4. The molecule has 0 bridgehead atoms. The molecule has 1 spiro atoms. The Morgan fingerprint density at radius 1 is 1.07 bits per heavy atom. The molecule has 1 aliphatic carbocycles. The minimum absolute atomic E-state index is 0.0741. The molecule has 1 heterocycles. The van der Waals surface area contributed by atoms with E-state index in [0.29, 0.717) is 10.4 Å². The van der Waals surface area contributed by atoms with Crippen LogP contribution in [0.2, 0.25) is 5.02 Å². The highest BCUT2D eigenvalue weighted by Gasteiger charge is 2.40. The molecule has 1 aliphatic heterocycles. The zero-order valence-electron chi connectivity index (χ0n) is 18.2. The van der Waals surface area contributed by atoms with Crippen molar-refractivity contribution in [3.8, 4) is 0 Å². The zero-order valence-corrected chi connectivity index (χ0v) is 19.0. The number of carbonyl (C=O) groups excluding carboxylic acids is 1. The van der Waals surface area contributed by atoms with E-state index in [1.807, 2.05) is 38.1 Å². The van der Waals surface area contributed by atoms with Crippen molar-refractivity contribution >= 4 is 17.5 Å². The molecule has 1 N–H and O–H groups in total. The van der Waals surface area contributed by atoms with Crippen LogP contribution >= 0.6 is 11.6 Å². The molecule has 0 unspecified atom stereocenters. The number of piperidine rings is 1. The zero-order chi connectivity index (χ0) is 21.2. The molecule has 3 nitrogen and oxygen atoms in total.